The second kappa shape index (κ2) is 7.08. The number of imidazole rings is 1. The first-order chi connectivity index (χ1) is 13.8. The van der Waals surface area contributed by atoms with Crippen molar-refractivity contribution in [3.63, 3.8) is 0 Å². The Labute approximate surface area is 172 Å². The molecule has 0 aliphatic carbocycles. The van der Waals surface area contributed by atoms with Crippen LogP contribution in [0.4, 0.5) is 5.69 Å². The number of aromatic amines is 1. The fourth-order valence-corrected chi connectivity index (χ4v) is 4.79. The Kier molecular flexibility index (Phi) is 4.70. The van der Waals surface area contributed by atoms with Crippen molar-refractivity contribution in [1.82, 2.24) is 9.97 Å². The van der Waals surface area contributed by atoms with E-state index >= 15 is 0 Å². The van der Waals surface area contributed by atoms with Gasteiger partial charge >= 0.3 is 0 Å². The third kappa shape index (κ3) is 3.31. The molecule has 0 radical (unpaired) electrons. The van der Waals surface area contributed by atoms with Crippen LogP contribution in [0.25, 0.3) is 22.7 Å². The van der Waals surface area contributed by atoms with Crippen LogP contribution in [0.15, 0.2) is 36.4 Å². The number of H-pyrrole nitrogens is 1. The third-order valence-electron chi connectivity index (χ3n) is 6.15. The molecular weight excluding hydrogens is 356 g/mol. The average Bonchev–Trinajstić information content (AvgIpc) is 3.10. The zero-order valence-corrected chi connectivity index (χ0v) is 17.9. The van der Waals surface area contributed by atoms with Crippen molar-refractivity contribution in [2.24, 2.45) is 0 Å². The van der Waals surface area contributed by atoms with E-state index < -0.39 is 0 Å². The predicted octanol–water partition coefficient (Wildman–Crippen LogP) is 6.05. The van der Waals surface area contributed by atoms with E-state index in [-0.39, 0.29) is 5.54 Å². The maximum atomic E-state index is 9.81. The fraction of sp³-hybridized carbons (Fsp3) is 0.360. The summed E-state index contributed by atoms with van der Waals surface area (Å²) in [5.74, 6) is 1.10. The largest absolute Gasteiger partial charge is 0.366 e. The monoisotopic (exact) mass is 384 g/mol. The number of allylic oxidation sites excluding steroid dienone is 1. The molecule has 2 aromatic carbocycles. The Morgan fingerprint density at radius 3 is 2.79 bits per heavy atom. The van der Waals surface area contributed by atoms with E-state index in [1.54, 1.807) is 0 Å². The second-order valence-corrected chi connectivity index (χ2v) is 8.70. The lowest BCUT2D eigenvalue weighted by Crippen LogP contribution is -2.48. The molecule has 0 unspecified atom stereocenters. The molecule has 0 saturated carbocycles. The topological polar surface area (TPSA) is 55.7 Å². The number of benzene rings is 2. The van der Waals surface area contributed by atoms with Crippen LogP contribution >= 0.6 is 0 Å². The molecule has 148 valence electrons. The average molecular weight is 385 g/mol. The molecule has 1 aliphatic rings. The molecule has 1 N–H and O–H groups in total. The molecule has 0 spiro atoms. The molecule has 0 amide bonds. The van der Waals surface area contributed by atoms with Crippen molar-refractivity contribution >= 4 is 28.4 Å². The molecule has 4 heteroatoms. The summed E-state index contributed by atoms with van der Waals surface area (Å²) in [4.78, 5) is 10.4. The van der Waals surface area contributed by atoms with Crippen molar-refractivity contribution in [2.75, 3.05) is 11.4 Å². The highest BCUT2D eigenvalue weighted by molar-refractivity contribution is 5.91. The van der Waals surface area contributed by atoms with Gasteiger partial charge in [0.25, 0.3) is 0 Å². The first-order valence-corrected chi connectivity index (χ1v) is 10.3. The van der Waals surface area contributed by atoms with Crippen LogP contribution in [-0.4, -0.2) is 22.1 Å². The molecule has 0 saturated heterocycles. The number of aromatic nitrogens is 2. The summed E-state index contributed by atoms with van der Waals surface area (Å²) in [5.41, 5.74) is 7.48. The molecule has 2 heterocycles. The van der Waals surface area contributed by atoms with Crippen molar-refractivity contribution in [3.8, 4) is 6.07 Å². The van der Waals surface area contributed by atoms with Crippen molar-refractivity contribution in [2.45, 2.75) is 52.5 Å². The van der Waals surface area contributed by atoms with Gasteiger partial charge in [0, 0.05) is 17.8 Å². The van der Waals surface area contributed by atoms with E-state index in [4.69, 9.17) is 0 Å². The van der Waals surface area contributed by atoms with Gasteiger partial charge in [0.2, 0.25) is 0 Å². The van der Waals surface area contributed by atoms with E-state index in [9.17, 15) is 5.26 Å². The number of nitriles is 1. The van der Waals surface area contributed by atoms with Crippen LogP contribution in [0, 0.1) is 18.3 Å². The number of aryl methyl sites for hydroxylation is 1. The zero-order chi connectivity index (χ0) is 20.8. The minimum absolute atomic E-state index is 0.150. The lowest BCUT2D eigenvalue weighted by atomic mass is 9.79. The van der Waals surface area contributed by atoms with Gasteiger partial charge in [-0.25, -0.2) is 4.98 Å². The Morgan fingerprint density at radius 2 is 2.10 bits per heavy atom. The lowest BCUT2D eigenvalue weighted by molar-refractivity contribution is 0.381. The minimum Gasteiger partial charge on any atom is -0.366 e. The van der Waals surface area contributed by atoms with Crippen LogP contribution in [0.1, 0.15) is 62.5 Å². The van der Waals surface area contributed by atoms with Crippen LogP contribution in [0.2, 0.25) is 0 Å². The van der Waals surface area contributed by atoms with E-state index in [2.05, 4.69) is 67.7 Å². The van der Waals surface area contributed by atoms with Crippen molar-refractivity contribution in [1.29, 1.82) is 5.26 Å². The molecule has 0 bridgehead atoms. The summed E-state index contributed by atoms with van der Waals surface area (Å²) in [5, 5.41) is 9.81. The molecule has 1 aromatic heterocycles. The lowest BCUT2D eigenvalue weighted by Gasteiger charge is -2.47. The Hall–Kier alpha value is -3.06. The van der Waals surface area contributed by atoms with Gasteiger partial charge in [-0.05, 0) is 87.1 Å². The molecular formula is C25H28N4. The predicted molar refractivity (Wildman–Crippen MR) is 121 cm³/mol. The van der Waals surface area contributed by atoms with Gasteiger partial charge in [0.15, 0.2) is 0 Å². The fourth-order valence-electron chi connectivity index (χ4n) is 4.79. The Balaban J connectivity index is 1.81. The van der Waals surface area contributed by atoms with Crippen molar-refractivity contribution < 1.29 is 0 Å². The molecule has 1 atom stereocenters. The molecule has 29 heavy (non-hydrogen) atoms. The molecule has 3 aromatic rings. The summed E-state index contributed by atoms with van der Waals surface area (Å²) >= 11 is 0. The van der Waals surface area contributed by atoms with Crippen LogP contribution in [0.3, 0.4) is 0 Å². The number of fused-ring (bicyclic) bond motifs is 2. The number of para-hydroxylation sites is 2. The number of hydrogen-bond donors (Lipinski definition) is 1. The normalized spacial score (nSPS) is 18.6. The number of hydrogen-bond acceptors (Lipinski definition) is 3. The Morgan fingerprint density at radius 1 is 1.34 bits per heavy atom. The van der Waals surface area contributed by atoms with E-state index in [0.717, 1.165) is 29.6 Å². The van der Waals surface area contributed by atoms with Gasteiger partial charge < -0.3 is 9.88 Å². The first kappa shape index (κ1) is 19.3. The smallest absolute Gasteiger partial charge is 0.149 e. The van der Waals surface area contributed by atoms with E-state index in [1.807, 2.05) is 30.3 Å². The maximum absolute atomic E-state index is 9.81. The van der Waals surface area contributed by atoms with Gasteiger partial charge in [-0.1, -0.05) is 19.1 Å². The summed E-state index contributed by atoms with van der Waals surface area (Å²) in [7, 11) is 0. The van der Waals surface area contributed by atoms with Gasteiger partial charge in [-0.3, -0.25) is 0 Å². The van der Waals surface area contributed by atoms with Crippen LogP contribution < -0.4 is 4.90 Å². The quantitative estimate of drug-likeness (QED) is 0.559. The minimum atomic E-state index is 0.150. The summed E-state index contributed by atoms with van der Waals surface area (Å²) in [6.45, 7) is 12.3. The SMILES string of the molecule is CCN1c2cc(C)c(/C=C(/C#N)c3nc4ccccc4[nH]3)cc2[C@H](C)CC1(C)C. The number of anilines is 1. The van der Waals surface area contributed by atoms with Gasteiger partial charge in [-0.2, -0.15) is 5.26 Å². The van der Waals surface area contributed by atoms with Crippen LogP contribution in [-0.2, 0) is 0 Å². The highest BCUT2D eigenvalue weighted by Gasteiger charge is 2.35. The maximum Gasteiger partial charge on any atom is 0.149 e. The standard InChI is InChI=1S/C25H28N4/c1-6-29-23-11-16(2)18(13-20(23)17(3)14-25(29,4)5)12-19(15-26)24-27-21-9-7-8-10-22(21)28-24/h7-13,17H,6,14H2,1-5H3,(H,27,28)/b19-12-/t17-/m1/s1. The zero-order valence-electron chi connectivity index (χ0n) is 17.9. The highest BCUT2D eigenvalue weighted by Crippen LogP contribution is 2.44. The third-order valence-corrected chi connectivity index (χ3v) is 6.15. The highest BCUT2D eigenvalue weighted by atomic mass is 15.2. The number of nitrogens with zero attached hydrogens (tertiary/aromatic N) is 3. The number of rotatable bonds is 3. The Bertz CT molecular complexity index is 1110. The second-order valence-electron chi connectivity index (χ2n) is 8.70. The van der Waals surface area contributed by atoms with E-state index in [0.29, 0.717) is 17.3 Å². The summed E-state index contributed by atoms with van der Waals surface area (Å²) in [6.07, 6.45) is 3.09. The van der Waals surface area contributed by atoms with E-state index in [1.165, 1.54) is 16.8 Å². The number of nitrogens with one attached hydrogen (secondary N) is 1. The summed E-state index contributed by atoms with van der Waals surface area (Å²) < 4.78 is 0. The van der Waals surface area contributed by atoms with Gasteiger partial charge in [0.05, 0.1) is 16.6 Å². The molecule has 1 aliphatic heterocycles. The molecule has 4 nitrogen and oxygen atoms in total. The van der Waals surface area contributed by atoms with Gasteiger partial charge in [-0.15, -0.1) is 0 Å². The molecule has 0 fully saturated rings. The van der Waals surface area contributed by atoms with Crippen molar-refractivity contribution in [3.05, 3.63) is 58.9 Å². The summed E-state index contributed by atoms with van der Waals surface area (Å²) in [6, 6.07) is 14.8. The first-order valence-electron chi connectivity index (χ1n) is 10.3. The molecule has 4 rings (SSSR count). The van der Waals surface area contributed by atoms with Crippen LogP contribution in [0.5, 0.6) is 0 Å². The van der Waals surface area contributed by atoms with Gasteiger partial charge in [0.1, 0.15) is 11.9 Å².